The second-order valence-corrected chi connectivity index (χ2v) is 10.9. The lowest BCUT2D eigenvalue weighted by Crippen LogP contribution is -2.46. The van der Waals surface area contributed by atoms with Gasteiger partial charge in [-0.25, -0.2) is 0 Å². The van der Waals surface area contributed by atoms with E-state index in [1.807, 2.05) is 84.9 Å². The maximum absolute atomic E-state index is 13.3. The molecule has 0 bridgehead atoms. The van der Waals surface area contributed by atoms with Gasteiger partial charge in [-0.3, -0.25) is 14.5 Å². The zero-order chi connectivity index (χ0) is 28.5. The SMILES string of the molecule is CO[C@@H](c1ccc(N2C(=O)c3cccc4cccc2c34)cc1)[C@@H](C)/C=C/CC(=O)N1Cc2ccccc2C[C@H]1CO. The highest BCUT2D eigenvalue weighted by molar-refractivity contribution is 6.27. The second-order valence-electron chi connectivity index (χ2n) is 10.9. The van der Waals surface area contributed by atoms with Crippen molar-refractivity contribution in [2.75, 3.05) is 18.6 Å². The number of amides is 2. The monoisotopic (exact) mass is 546 g/mol. The zero-order valence-corrected chi connectivity index (χ0v) is 23.4. The van der Waals surface area contributed by atoms with Gasteiger partial charge in [0.05, 0.1) is 30.0 Å². The first-order chi connectivity index (χ1) is 20.0. The standard InChI is InChI=1S/C35H34N2O4/c1-23(8-5-15-32(39)36-21-27-10-4-3-9-26(27)20-29(36)22-38)34(41-2)25-16-18-28(19-17-25)37-31-14-7-12-24-11-6-13-30(33(24)31)35(37)40/h3-14,16-19,23,29,34,38H,15,20-22H2,1-2H3/b8-5+/t23-,29-,34+/m0/s1. The molecule has 0 unspecified atom stereocenters. The molecule has 0 spiro atoms. The van der Waals surface area contributed by atoms with Crippen molar-refractivity contribution in [3.63, 3.8) is 0 Å². The third-order valence-electron chi connectivity index (χ3n) is 8.39. The van der Waals surface area contributed by atoms with E-state index in [4.69, 9.17) is 4.74 Å². The molecular formula is C35H34N2O4. The van der Waals surface area contributed by atoms with Crippen LogP contribution in [0.2, 0.25) is 0 Å². The number of hydrogen-bond donors (Lipinski definition) is 1. The van der Waals surface area contributed by atoms with Gasteiger partial charge in [-0.15, -0.1) is 0 Å². The van der Waals surface area contributed by atoms with Crippen LogP contribution in [-0.2, 0) is 22.5 Å². The normalized spacial score (nSPS) is 17.7. The van der Waals surface area contributed by atoms with Crippen molar-refractivity contribution in [3.05, 3.63) is 119 Å². The number of rotatable bonds is 8. The topological polar surface area (TPSA) is 70.1 Å². The minimum Gasteiger partial charge on any atom is -0.394 e. The van der Waals surface area contributed by atoms with E-state index in [-0.39, 0.29) is 42.9 Å². The van der Waals surface area contributed by atoms with Crippen LogP contribution in [0, 0.1) is 5.92 Å². The molecule has 0 saturated heterocycles. The average molecular weight is 547 g/mol. The Morgan fingerprint density at radius 2 is 1.73 bits per heavy atom. The van der Waals surface area contributed by atoms with Gasteiger partial charge in [-0.1, -0.05) is 79.7 Å². The molecule has 1 N–H and O–H groups in total. The van der Waals surface area contributed by atoms with Crippen LogP contribution in [0.15, 0.2) is 97.1 Å². The van der Waals surface area contributed by atoms with E-state index < -0.39 is 0 Å². The highest BCUT2D eigenvalue weighted by atomic mass is 16.5. The smallest absolute Gasteiger partial charge is 0.263 e. The lowest BCUT2D eigenvalue weighted by atomic mass is 9.93. The molecule has 2 heterocycles. The summed E-state index contributed by atoms with van der Waals surface area (Å²) in [6.45, 7) is 2.54. The van der Waals surface area contributed by atoms with Gasteiger partial charge in [-0.05, 0) is 52.8 Å². The molecule has 2 aliphatic rings. The van der Waals surface area contributed by atoms with Crippen molar-refractivity contribution in [1.29, 1.82) is 0 Å². The molecule has 6 rings (SSSR count). The van der Waals surface area contributed by atoms with Gasteiger partial charge in [0.1, 0.15) is 0 Å². The van der Waals surface area contributed by atoms with Crippen LogP contribution in [0.25, 0.3) is 10.8 Å². The van der Waals surface area contributed by atoms with Gasteiger partial charge < -0.3 is 14.7 Å². The molecule has 0 saturated carbocycles. The van der Waals surface area contributed by atoms with E-state index in [0.717, 1.165) is 38.8 Å². The summed E-state index contributed by atoms with van der Waals surface area (Å²) in [6.07, 6.45) is 4.65. The molecule has 0 fully saturated rings. The van der Waals surface area contributed by atoms with Crippen LogP contribution in [0.3, 0.4) is 0 Å². The summed E-state index contributed by atoms with van der Waals surface area (Å²) >= 11 is 0. The lowest BCUT2D eigenvalue weighted by molar-refractivity contribution is -0.134. The van der Waals surface area contributed by atoms with E-state index >= 15 is 0 Å². The second kappa shape index (κ2) is 11.3. The molecule has 0 aromatic heterocycles. The number of benzene rings is 4. The number of carbonyl (C=O) groups is 2. The lowest BCUT2D eigenvalue weighted by Gasteiger charge is -2.36. The van der Waals surface area contributed by atoms with Crippen molar-refractivity contribution < 1.29 is 19.4 Å². The fraction of sp³-hybridized carbons (Fsp3) is 0.257. The summed E-state index contributed by atoms with van der Waals surface area (Å²) in [5, 5.41) is 12.0. The number of anilines is 2. The molecule has 6 heteroatoms. The van der Waals surface area contributed by atoms with Crippen LogP contribution in [0.5, 0.6) is 0 Å². The number of carbonyl (C=O) groups excluding carboxylic acids is 2. The first-order valence-corrected chi connectivity index (χ1v) is 14.1. The number of methoxy groups -OCH3 is 1. The van der Waals surface area contributed by atoms with Crippen molar-refractivity contribution >= 4 is 34.0 Å². The first-order valence-electron chi connectivity index (χ1n) is 14.1. The van der Waals surface area contributed by atoms with Crippen molar-refractivity contribution in [2.24, 2.45) is 5.92 Å². The van der Waals surface area contributed by atoms with Gasteiger partial charge in [0.25, 0.3) is 5.91 Å². The molecular weight excluding hydrogens is 512 g/mol. The van der Waals surface area contributed by atoms with E-state index in [9.17, 15) is 14.7 Å². The number of fused-ring (bicyclic) bond motifs is 1. The minimum absolute atomic E-state index is 0.00613. The van der Waals surface area contributed by atoms with Gasteiger partial charge in [0, 0.05) is 37.1 Å². The Labute approximate surface area is 240 Å². The van der Waals surface area contributed by atoms with Gasteiger partial charge in [0.15, 0.2) is 0 Å². The Balaban J connectivity index is 1.13. The molecule has 0 radical (unpaired) electrons. The average Bonchev–Trinajstić information content (AvgIpc) is 3.29. The summed E-state index contributed by atoms with van der Waals surface area (Å²) < 4.78 is 5.87. The third kappa shape index (κ3) is 4.94. The Bertz CT molecular complexity index is 1620. The van der Waals surface area contributed by atoms with Crippen LogP contribution >= 0.6 is 0 Å². The largest absolute Gasteiger partial charge is 0.394 e. The fourth-order valence-corrected chi connectivity index (χ4v) is 6.28. The Kier molecular flexibility index (Phi) is 7.43. The molecule has 3 atom stereocenters. The van der Waals surface area contributed by atoms with Crippen molar-refractivity contribution in [2.45, 2.75) is 38.5 Å². The zero-order valence-electron chi connectivity index (χ0n) is 23.4. The summed E-state index contributed by atoms with van der Waals surface area (Å²) in [4.78, 5) is 30.0. The molecule has 2 aliphatic heterocycles. The van der Waals surface area contributed by atoms with E-state index in [2.05, 4.69) is 19.1 Å². The predicted octanol–water partition coefficient (Wildman–Crippen LogP) is 6.35. The molecule has 2 amide bonds. The quantitative estimate of drug-likeness (QED) is 0.262. The maximum Gasteiger partial charge on any atom is 0.263 e. The molecule has 4 aromatic carbocycles. The van der Waals surface area contributed by atoms with E-state index in [0.29, 0.717) is 13.0 Å². The fourth-order valence-electron chi connectivity index (χ4n) is 6.28. The number of aliphatic hydroxyl groups is 1. The Morgan fingerprint density at radius 3 is 2.46 bits per heavy atom. The number of ether oxygens (including phenoxy) is 1. The van der Waals surface area contributed by atoms with Crippen LogP contribution in [0.4, 0.5) is 11.4 Å². The van der Waals surface area contributed by atoms with E-state index in [1.165, 1.54) is 5.56 Å². The highest BCUT2D eigenvalue weighted by Gasteiger charge is 2.31. The molecule has 41 heavy (non-hydrogen) atoms. The van der Waals surface area contributed by atoms with Crippen LogP contribution in [-0.4, -0.2) is 41.6 Å². The predicted molar refractivity (Wildman–Crippen MR) is 161 cm³/mol. The number of aliphatic hydroxyl groups excluding tert-OH is 1. The summed E-state index contributed by atoms with van der Waals surface area (Å²) in [7, 11) is 1.69. The molecule has 4 aromatic rings. The number of hydrogen-bond acceptors (Lipinski definition) is 4. The highest BCUT2D eigenvalue weighted by Crippen LogP contribution is 2.42. The Morgan fingerprint density at radius 1 is 1.00 bits per heavy atom. The Hall–Kier alpha value is -4.26. The minimum atomic E-state index is -0.211. The van der Waals surface area contributed by atoms with Crippen LogP contribution in [0.1, 0.15) is 46.5 Å². The molecule has 0 aliphatic carbocycles. The summed E-state index contributed by atoms with van der Waals surface area (Å²) in [6, 6.07) is 27.7. The summed E-state index contributed by atoms with van der Waals surface area (Å²) in [5.41, 5.74) is 5.78. The van der Waals surface area contributed by atoms with Gasteiger partial charge >= 0.3 is 0 Å². The van der Waals surface area contributed by atoms with E-state index in [1.54, 1.807) is 16.9 Å². The summed E-state index contributed by atoms with van der Waals surface area (Å²) in [5.74, 6) is 0.00172. The van der Waals surface area contributed by atoms with Crippen LogP contribution < -0.4 is 4.90 Å². The maximum atomic E-state index is 13.3. The first kappa shape index (κ1) is 26.9. The van der Waals surface area contributed by atoms with Crippen molar-refractivity contribution in [3.8, 4) is 0 Å². The number of nitrogens with zero attached hydrogens (tertiary/aromatic N) is 2. The third-order valence-corrected chi connectivity index (χ3v) is 8.39. The van der Waals surface area contributed by atoms with Crippen molar-refractivity contribution in [1.82, 2.24) is 4.90 Å². The van der Waals surface area contributed by atoms with Gasteiger partial charge in [0.2, 0.25) is 5.91 Å². The van der Waals surface area contributed by atoms with Gasteiger partial charge in [-0.2, -0.15) is 0 Å². The molecule has 208 valence electrons. The molecule has 6 nitrogen and oxygen atoms in total.